The molecule has 2 aliphatic rings. The highest BCUT2D eigenvalue weighted by Gasteiger charge is 2.25. The standard InChI is InChI=1S/C14H21ClN2S/c1-17-6-5-10(9-17)8-16-12-3-2-4-13-11(12)7-14(15)18-13/h7,10,12,16H,2-6,8-9H2,1H3. The first-order chi connectivity index (χ1) is 8.72. The molecule has 100 valence electrons. The van der Waals surface area contributed by atoms with Crippen molar-refractivity contribution in [2.24, 2.45) is 5.92 Å². The van der Waals surface area contributed by atoms with Crippen molar-refractivity contribution in [2.45, 2.75) is 31.7 Å². The van der Waals surface area contributed by atoms with Gasteiger partial charge in [-0.3, -0.25) is 0 Å². The van der Waals surface area contributed by atoms with Gasteiger partial charge in [-0.15, -0.1) is 11.3 Å². The second kappa shape index (κ2) is 5.49. The highest BCUT2D eigenvalue weighted by Crippen LogP contribution is 2.37. The molecular formula is C14H21ClN2S. The zero-order valence-electron chi connectivity index (χ0n) is 10.9. The first-order valence-electron chi connectivity index (χ1n) is 6.92. The fraction of sp³-hybridized carbons (Fsp3) is 0.714. The average molecular weight is 285 g/mol. The monoisotopic (exact) mass is 284 g/mol. The summed E-state index contributed by atoms with van der Waals surface area (Å²) in [5.74, 6) is 0.828. The molecule has 0 aromatic carbocycles. The van der Waals surface area contributed by atoms with E-state index in [-0.39, 0.29) is 0 Å². The summed E-state index contributed by atoms with van der Waals surface area (Å²) in [7, 11) is 2.22. The Balaban J connectivity index is 1.60. The van der Waals surface area contributed by atoms with Gasteiger partial charge in [0.1, 0.15) is 0 Å². The molecule has 1 aliphatic heterocycles. The van der Waals surface area contributed by atoms with Crippen molar-refractivity contribution in [3.8, 4) is 0 Å². The Kier molecular flexibility index (Phi) is 3.94. The summed E-state index contributed by atoms with van der Waals surface area (Å²) >= 11 is 7.92. The molecule has 1 aromatic rings. The molecule has 3 rings (SSSR count). The number of nitrogens with one attached hydrogen (secondary N) is 1. The van der Waals surface area contributed by atoms with E-state index in [2.05, 4.69) is 23.3 Å². The van der Waals surface area contributed by atoms with Crippen molar-refractivity contribution >= 4 is 22.9 Å². The minimum Gasteiger partial charge on any atom is -0.310 e. The minimum atomic E-state index is 0.545. The lowest BCUT2D eigenvalue weighted by molar-refractivity contribution is 0.370. The summed E-state index contributed by atoms with van der Waals surface area (Å²) in [6.45, 7) is 3.66. The topological polar surface area (TPSA) is 15.3 Å². The summed E-state index contributed by atoms with van der Waals surface area (Å²) in [5.41, 5.74) is 1.47. The van der Waals surface area contributed by atoms with Crippen LogP contribution in [0.2, 0.25) is 4.34 Å². The van der Waals surface area contributed by atoms with Crippen LogP contribution >= 0.6 is 22.9 Å². The van der Waals surface area contributed by atoms with Crippen molar-refractivity contribution in [3.63, 3.8) is 0 Å². The second-order valence-corrected chi connectivity index (χ2v) is 7.47. The van der Waals surface area contributed by atoms with Crippen molar-refractivity contribution in [1.82, 2.24) is 10.2 Å². The molecule has 0 radical (unpaired) electrons. The van der Waals surface area contributed by atoms with Gasteiger partial charge in [-0.25, -0.2) is 0 Å². The van der Waals surface area contributed by atoms with Gasteiger partial charge in [0.15, 0.2) is 0 Å². The number of halogens is 1. The van der Waals surface area contributed by atoms with Crippen LogP contribution in [0, 0.1) is 5.92 Å². The number of nitrogens with zero attached hydrogens (tertiary/aromatic N) is 1. The predicted molar refractivity (Wildman–Crippen MR) is 78.6 cm³/mol. The Morgan fingerprint density at radius 2 is 2.39 bits per heavy atom. The van der Waals surface area contributed by atoms with Gasteiger partial charge in [0.05, 0.1) is 4.34 Å². The molecule has 1 saturated heterocycles. The molecule has 0 bridgehead atoms. The number of likely N-dealkylation sites (tertiary alicyclic amines) is 1. The Bertz CT molecular complexity index is 418. The van der Waals surface area contributed by atoms with Crippen LogP contribution in [0.4, 0.5) is 0 Å². The third-order valence-electron chi connectivity index (χ3n) is 4.23. The Hall–Kier alpha value is -0.0900. The van der Waals surface area contributed by atoms with Crippen LogP contribution in [-0.4, -0.2) is 31.6 Å². The second-order valence-electron chi connectivity index (χ2n) is 5.70. The zero-order valence-corrected chi connectivity index (χ0v) is 12.5. The van der Waals surface area contributed by atoms with Crippen LogP contribution in [0.15, 0.2) is 6.07 Å². The van der Waals surface area contributed by atoms with Gasteiger partial charge in [0.25, 0.3) is 0 Å². The number of thiophene rings is 1. The number of rotatable bonds is 3. The van der Waals surface area contributed by atoms with E-state index in [4.69, 9.17) is 11.6 Å². The fourth-order valence-electron chi connectivity index (χ4n) is 3.24. The van der Waals surface area contributed by atoms with Gasteiger partial charge in [-0.2, -0.15) is 0 Å². The molecule has 2 atom stereocenters. The Morgan fingerprint density at radius 3 is 3.17 bits per heavy atom. The van der Waals surface area contributed by atoms with Gasteiger partial charge < -0.3 is 10.2 Å². The molecule has 2 nitrogen and oxygen atoms in total. The van der Waals surface area contributed by atoms with E-state index in [0.717, 1.165) is 16.8 Å². The largest absolute Gasteiger partial charge is 0.310 e. The van der Waals surface area contributed by atoms with Gasteiger partial charge >= 0.3 is 0 Å². The van der Waals surface area contributed by atoms with Crippen molar-refractivity contribution in [3.05, 3.63) is 20.8 Å². The van der Waals surface area contributed by atoms with Crippen LogP contribution in [0.3, 0.4) is 0 Å². The van der Waals surface area contributed by atoms with Crippen molar-refractivity contribution in [1.29, 1.82) is 0 Å². The van der Waals surface area contributed by atoms with Crippen LogP contribution in [0.25, 0.3) is 0 Å². The lowest BCUT2D eigenvalue weighted by atomic mass is 9.93. The number of hydrogen-bond donors (Lipinski definition) is 1. The van der Waals surface area contributed by atoms with Gasteiger partial charge in [0.2, 0.25) is 0 Å². The summed E-state index contributed by atoms with van der Waals surface area (Å²) in [4.78, 5) is 3.94. The highest BCUT2D eigenvalue weighted by atomic mass is 35.5. The molecule has 0 saturated carbocycles. The van der Waals surface area contributed by atoms with E-state index >= 15 is 0 Å². The van der Waals surface area contributed by atoms with E-state index in [1.807, 2.05) is 0 Å². The molecule has 1 aliphatic carbocycles. The highest BCUT2D eigenvalue weighted by molar-refractivity contribution is 7.16. The molecule has 0 amide bonds. The molecule has 2 heterocycles. The van der Waals surface area contributed by atoms with Gasteiger partial charge in [-0.1, -0.05) is 11.6 Å². The summed E-state index contributed by atoms with van der Waals surface area (Å²) in [5, 5.41) is 3.77. The molecule has 18 heavy (non-hydrogen) atoms. The molecule has 0 spiro atoms. The number of aryl methyl sites for hydroxylation is 1. The first-order valence-corrected chi connectivity index (χ1v) is 8.12. The van der Waals surface area contributed by atoms with E-state index < -0.39 is 0 Å². The third-order valence-corrected chi connectivity index (χ3v) is 5.57. The summed E-state index contributed by atoms with van der Waals surface area (Å²) in [6.07, 6.45) is 5.12. The van der Waals surface area contributed by atoms with Crippen LogP contribution in [0.5, 0.6) is 0 Å². The summed E-state index contributed by atoms with van der Waals surface area (Å²) in [6, 6.07) is 2.72. The maximum atomic E-state index is 6.15. The molecule has 1 fully saturated rings. The summed E-state index contributed by atoms with van der Waals surface area (Å²) < 4.78 is 0.953. The minimum absolute atomic E-state index is 0.545. The third kappa shape index (κ3) is 2.74. The molecule has 1 aromatic heterocycles. The lowest BCUT2D eigenvalue weighted by Gasteiger charge is -2.25. The first kappa shape index (κ1) is 12.9. The van der Waals surface area contributed by atoms with Crippen molar-refractivity contribution < 1.29 is 0 Å². The van der Waals surface area contributed by atoms with Gasteiger partial charge in [0, 0.05) is 17.5 Å². The van der Waals surface area contributed by atoms with Crippen LogP contribution in [0.1, 0.15) is 35.7 Å². The molecule has 4 heteroatoms. The smallest absolute Gasteiger partial charge is 0.0934 e. The lowest BCUT2D eigenvalue weighted by Crippen LogP contribution is -2.30. The zero-order chi connectivity index (χ0) is 12.5. The van der Waals surface area contributed by atoms with E-state index in [1.165, 1.54) is 49.2 Å². The molecular weight excluding hydrogens is 264 g/mol. The number of hydrogen-bond acceptors (Lipinski definition) is 3. The number of fused-ring (bicyclic) bond motifs is 1. The van der Waals surface area contributed by atoms with E-state index in [9.17, 15) is 0 Å². The maximum absolute atomic E-state index is 6.15. The van der Waals surface area contributed by atoms with Gasteiger partial charge in [-0.05, 0) is 63.4 Å². The SMILES string of the molecule is CN1CCC(CNC2CCCc3sc(Cl)cc32)C1. The quantitative estimate of drug-likeness (QED) is 0.916. The normalized spacial score (nSPS) is 28.6. The van der Waals surface area contributed by atoms with E-state index in [1.54, 1.807) is 11.3 Å². The Labute approximate surface area is 118 Å². The van der Waals surface area contributed by atoms with Crippen molar-refractivity contribution in [2.75, 3.05) is 26.7 Å². The molecule has 1 N–H and O–H groups in total. The van der Waals surface area contributed by atoms with E-state index in [0.29, 0.717) is 6.04 Å². The predicted octanol–water partition coefficient (Wildman–Crippen LogP) is 3.32. The van der Waals surface area contributed by atoms with Crippen LogP contribution < -0.4 is 5.32 Å². The fourth-order valence-corrected chi connectivity index (χ4v) is 4.62. The molecule has 2 unspecified atom stereocenters. The average Bonchev–Trinajstić information content (AvgIpc) is 2.91. The Morgan fingerprint density at radius 1 is 1.50 bits per heavy atom. The maximum Gasteiger partial charge on any atom is 0.0934 e. The van der Waals surface area contributed by atoms with Crippen LogP contribution in [-0.2, 0) is 6.42 Å².